The maximum Gasteiger partial charge on any atom is 0.229 e. The second-order valence-electron chi connectivity index (χ2n) is 6.26. The molecule has 0 saturated carbocycles. The van der Waals surface area contributed by atoms with Gasteiger partial charge >= 0.3 is 0 Å². The maximum atomic E-state index is 12.1. The van der Waals surface area contributed by atoms with Gasteiger partial charge in [0.1, 0.15) is 6.07 Å². The van der Waals surface area contributed by atoms with Crippen LogP contribution in [-0.2, 0) is 16.1 Å². The number of rotatable bonds is 6. The second kappa shape index (κ2) is 9.92. The third-order valence-electron chi connectivity index (χ3n) is 4.12. The second-order valence-corrected chi connectivity index (χ2v) is 9.20. The first-order valence-electron chi connectivity index (χ1n) is 8.54. The van der Waals surface area contributed by atoms with Gasteiger partial charge in [0, 0.05) is 43.9 Å². The van der Waals surface area contributed by atoms with Crippen LogP contribution >= 0.6 is 46.5 Å². The summed E-state index contributed by atoms with van der Waals surface area (Å²) < 4.78 is 8.16. The van der Waals surface area contributed by atoms with E-state index >= 15 is 0 Å². The molecular weight excluding hydrogens is 439 g/mol. The van der Waals surface area contributed by atoms with Gasteiger partial charge in [-0.05, 0) is 17.7 Å². The number of nitrogens with zero attached hydrogens (tertiary/aromatic N) is 4. The van der Waals surface area contributed by atoms with E-state index in [1.165, 1.54) is 30.2 Å². The number of aromatic nitrogens is 1. The SMILES string of the molecule is CC(=O)N(C[C@@H]1CN(Cc2ccc(Cl)c(Cl)c2)CCO1)Sc1nc(C#N)cs1. The van der Waals surface area contributed by atoms with E-state index < -0.39 is 0 Å². The minimum atomic E-state index is -0.108. The average Bonchev–Trinajstić information content (AvgIpc) is 3.12. The molecule has 1 saturated heterocycles. The molecule has 28 heavy (non-hydrogen) atoms. The van der Waals surface area contributed by atoms with Gasteiger partial charge in [0.25, 0.3) is 0 Å². The molecule has 10 heteroatoms. The number of nitriles is 1. The highest BCUT2D eigenvalue weighted by Gasteiger charge is 2.25. The molecule has 1 aromatic heterocycles. The number of morpholine rings is 1. The minimum Gasteiger partial charge on any atom is -0.374 e. The van der Waals surface area contributed by atoms with Crippen molar-refractivity contribution in [1.82, 2.24) is 14.2 Å². The molecule has 1 aliphatic rings. The van der Waals surface area contributed by atoms with Gasteiger partial charge in [-0.3, -0.25) is 14.0 Å². The standard InChI is InChI=1S/C18H18Cl2N4O2S2/c1-12(25)24(28-18-22-14(7-21)11-27-18)10-15-9-23(4-5-26-15)8-13-2-3-16(19)17(20)6-13/h2-3,6,11,15H,4-5,8-10H2,1H3/t15-/m0/s1. The first-order chi connectivity index (χ1) is 13.4. The quantitative estimate of drug-likeness (QED) is 0.609. The first kappa shape index (κ1) is 21.4. The Hall–Kier alpha value is -1.34. The van der Waals surface area contributed by atoms with Gasteiger partial charge in [-0.1, -0.05) is 29.3 Å². The number of amides is 1. The molecule has 0 unspecified atom stereocenters. The zero-order valence-corrected chi connectivity index (χ0v) is 18.2. The fraction of sp³-hybridized carbons (Fsp3) is 0.389. The molecule has 1 atom stereocenters. The minimum absolute atomic E-state index is 0.0797. The van der Waals surface area contributed by atoms with Crippen LogP contribution in [0.3, 0.4) is 0 Å². The molecule has 148 valence electrons. The maximum absolute atomic E-state index is 12.1. The van der Waals surface area contributed by atoms with E-state index in [2.05, 4.69) is 9.88 Å². The number of benzene rings is 1. The summed E-state index contributed by atoms with van der Waals surface area (Å²) in [6, 6.07) is 7.64. The van der Waals surface area contributed by atoms with Gasteiger partial charge in [0.15, 0.2) is 10.0 Å². The Kier molecular flexibility index (Phi) is 7.57. The van der Waals surface area contributed by atoms with Crippen LogP contribution in [0.2, 0.25) is 10.0 Å². The highest BCUT2D eigenvalue weighted by atomic mass is 35.5. The predicted octanol–water partition coefficient (Wildman–Crippen LogP) is 4.08. The van der Waals surface area contributed by atoms with Crippen LogP contribution in [-0.4, -0.2) is 52.4 Å². The lowest BCUT2D eigenvalue weighted by atomic mass is 10.2. The highest BCUT2D eigenvalue weighted by molar-refractivity contribution is 7.99. The van der Waals surface area contributed by atoms with Crippen molar-refractivity contribution < 1.29 is 9.53 Å². The lowest BCUT2D eigenvalue weighted by molar-refractivity contribution is -0.126. The monoisotopic (exact) mass is 456 g/mol. The lowest BCUT2D eigenvalue weighted by Crippen LogP contribution is -2.46. The summed E-state index contributed by atoms with van der Waals surface area (Å²) in [5, 5.41) is 11.7. The van der Waals surface area contributed by atoms with E-state index in [0.717, 1.165) is 18.7 Å². The van der Waals surface area contributed by atoms with Crippen molar-refractivity contribution in [1.29, 1.82) is 5.26 Å². The smallest absolute Gasteiger partial charge is 0.229 e. The Morgan fingerprint density at radius 1 is 1.50 bits per heavy atom. The summed E-state index contributed by atoms with van der Waals surface area (Å²) >= 11 is 14.7. The summed E-state index contributed by atoms with van der Waals surface area (Å²) in [6.07, 6.45) is -0.108. The highest BCUT2D eigenvalue weighted by Crippen LogP contribution is 2.28. The molecule has 1 amide bonds. The number of hydrogen-bond donors (Lipinski definition) is 0. The van der Waals surface area contributed by atoms with Crippen molar-refractivity contribution in [2.75, 3.05) is 26.2 Å². The summed E-state index contributed by atoms with van der Waals surface area (Å²) in [5.74, 6) is -0.0797. The summed E-state index contributed by atoms with van der Waals surface area (Å²) in [7, 11) is 0. The molecule has 0 aliphatic carbocycles. The van der Waals surface area contributed by atoms with Gasteiger partial charge in [-0.2, -0.15) is 5.26 Å². The van der Waals surface area contributed by atoms with E-state index in [9.17, 15) is 4.79 Å². The van der Waals surface area contributed by atoms with E-state index in [0.29, 0.717) is 39.8 Å². The van der Waals surface area contributed by atoms with Gasteiger partial charge in [0.05, 0.1) is 29.3 Å². The van der Waals surface area contributed by atoms with Crippen molar-refractivity contribution in [2.45, 2.75) is 23.9 Å². The third-order valence-corrected chi connectivity index (χ3v) is 6.88. The number of thiazole rings is 1. The van der Waals surface area contributed by atoms with Gasteiger partial charge in [0.2, 0.25) is 5.91 Å². The molecule has 0 spiro atoms. The third kappa shape index (κ3) is 5.83. The topological polar surface area (TPSA) is 69.5 Å². The van der Waals surface area contributed by atoms with Crippen molar-refractivity contribution in [3.05, 3.63) is 44.9 Å². The van der Waals surface area contributed by atoms with Crippen LogP contribution in [0.5, 0.6) is 0 Å². The number of hydrogen-bond acceptors (Lipinski definition) is 7. The van der Waals surface area contributed by atoms with Crippen LogP contribution in [0.15, 0.2) is 27.9 Å². The molecule has 0 bridgehead atoms. The Balaban J connectivity index is 1.59. The molecule has 2 aromatic rings. The van der Waals surface area contributed by atoms with Crippen LogP contribution in [0.25, 0.3) is 0 Å². The Morgan fingerprint density at radius 2 is 2.32 bits per heavy atom. The van der Waals surface area contributed by atoms with E-state index in [-0.39, 0.29) is 12.0 Å². The number of ether oxygens (including phenoxy) is 1. The van der Waals surface area contributed by atoms with Crippen molar-refractivity contribution in [2.24, 2.45) is 0 Å². The molecule has 1 aliphatic heterocycles. The van der Waals surface area contributed by atoms with E-state index in [1.807, 2.05) is 18.2 Å². The van der Waals surface area contributed by atoms with Crippen LogP contribution in [0.4, 0.5) is 0 Å². The van der Waals surface area contributed by atoms with E-state index in [4.69, 9.17) is 33.2 Å². The van der Waals surface area contributed by atoms with Gasteiger partial charge in [-0.15, -0.1) is 11.3 Å². The Morgan fingerprint density at radius 3 is 3.00 bits per heavy atom. The Labute approximate surface area is 182 Å². The van der Waals surface area contributed by atoms with Crippen LogP contribution in [0.1, 0.15) is 18.2 Å². The van der Waals surface area contributed by atoms with Crippen LogP contribution < -0.4 is 0 Å². The van der Waals surface area contributed by atoms with Crippen molar-refractivity contribution >= 4 is 52.4 Å². The number of carbonyl (C=O) groups is 1. The lowest BCUT2D eigenvalue weighted by Gasteiger charge is -2.35. The van der Waals surface area contributed by atoms with Crippen LogP contribution in [0, 0.1) is 11.3 Å². The molecule has 1 fully saturated rings. The first-order valence-corrected chi connectivity index (χ1v) is 10.9. The fourth-order valence-corrected chi connectivity index (χ4v) is 4.86. The number of carbonyl (C=O) groups excluding carboxylic acids is 1. The summed E-state index contributed by atoms with van der Waals surface area (Å²) in [6.45, 7) is 4.80. The zero-order chi connectivity index (χ0) is 20.1. The summed E-state index contributed by atoms with van der Waals surface area (Å²) in [5.41, 5.74) is 1.44. The Bertz CT molecular complexity index is 887. The molecule has 0 N–H and O–H groups in total. The average molecular weight is 457 g/mol. The predicted molar refractivity (Wildman–Crippen MR) is 112 cm³/mol. The van der Waals surface area contributed by atoms with Gasteiger partial charge < -0.3 is 4.74 Å². The van der Waals surface area contributed by atoms with E-state index in [1.54, 1.807) is 15.8 Å². The normalized spacial score (nSPS) is 17.3. The molecule has 3 rings (SSSR count). The van der Waals surface area contributed by atoms with Crippen molar-refractivity contribution in [3.8, 4) is 6.07 Å². The van der Waals surface area contributed by atoms with Crippen molar-refractivity contribution in [3.63, 3.8) is 0 Å². The van der Waals surface area contributed by atoms with Gasteiger partial charge in [-0.25, -0.2) is 4.98 Å². The number of halogens is 2. The zero-order valence-electron chi connectivity index (χ0n) is 15.1. The molecule has 0 radical (unpaired) electrons. The molecule has 1 aromatic carbocycles. The fourth-order valence-electron chi connectivity index (χ4n) is 2.79. The largest absolute Gasteiger partial charge is 0.374 e. The molecule has 2 heterocycles. The summed E-state index contributed by atoms with van der Waals surface area (Å²) in [4.78, 5) is 18.5. The molecular formula is C18H18Cl2N4O2S2. The molecule has 6 nitrogen and oxygen atoms in total.